The molecule has 3 rings (SSSR count). The van der Waals surface area contributed by atoms with Crippen molar-refractivity contribution in [1.29, 1.82) is 0 Å². The van der Waals surface area contributed by atoms with Gasteiger partial charge in [0.25, 0.3) is 11.6 Å². The molecule has 0 saturated carbocycles. The van der Waals surface area contributed by atoms with Crippen molar-refractivity contribution in [3.05, 3.63) is 69.8 Å². The van der Waals surface area contributed by atoms with Crippen LogP contribution in [0.1, 0.15) is 28.9 Å². The van der Waals surface area contributed by atoms with Gasteiger partial charge >= 0.3 is 0 Å². The Kier molecular flexibility index (Phi) is 3.73. The predicted octanol–water partition coefficient (Wildman–Crippen LogP) is 3.01. The Bertz CT molecular complexity index is 761. The summed E-state index contributed by atoms with van der Waals surface area (Å²) < 4.78 is 0. The number of carbonyl (C=O) groups is 1. The average Bonchev–Trinajstić information content (AvgIpc) is 2.53. The number of hydrogen-bond acceptors (Lipinski definition) is 4. The molecule has 1 aliphatic heterocycles. The van der Waals surface area contributed by atoms with Crippen LogP contribution in [0, 0.1) is 16.0 Å². The van der Waals surface area contributed by atoms with Crippen molar-refractivity contribution in [3.63, 3.8) is 0 Å². The number of nitro benzene ring substituents is 1. The number of non-ortho nitro benzene ring substituents is 1. The molecular formula is C17H17N3O3. The maximum atomic E-state index is 12.8. The van der Waals surface area contributed by atoms with E-state index in [4.69, 9.17) is 5.73 Å². The van der Waals surface area contributed by atoms with E-state index >= 15 is 0 Å². The fraction of sp³-hybridized carbons (Fsp3) is 0.235. The zero-order valence-electron chi connectivity index (χ0n) is 12.7. The minimum Gasteiger partial charge on any atom is -0.398 e. The van der Waals surface area contributed by atoms with E-state index in [1.165, 1.54) is 18.2 Å². The number of amides is 1. The van der Waals surface area contributed by atoms with Crippen molar-refractivity contribution in [2.24, 2.45) is 5.92 Å². The van der Waals surface area contributed by atoms with E-state index in [-0.39, 0.29) is 28.9 Å². The second kappa shape index (κ2) is 5.72. The summed E-state index contributed by atoms with van der Waals surface area (Å²) in [5.74, 6) is 0.0689. The van der Waals surface area contributed by atoms with E-state index in [0.717, 1.165) is 5.56 Å². The Hall–Kier alpha value is -2.89. The standard InChI is InChI=1S/C17H17N3O3/c1-11-10-19(16(11)12-5-3-2-4-6-12)17(21)14-9-13(20(22)23)7-8-15(14)18/h2-9,11,16H,10,18H2,1H3/t11-,16+/m0/s1. The van der Waals surface area contributed by atoms with Gasteiger partial charge in [-0.25, -0.2) is 0 Å². The monoisotopic (exact) mass is 311 g/mol. The minimum absolute atomic E-state index is 0.0256. The third kappa shape index (κ3) is 2.63. The zero-order chi connectivity index (χ0) is 16.6. The number of nitro groups is 1. The first kappa shape index (κ1) is 15.0. The highest BCUT2D eigenvalue weighted by atomic mass is 16.6. The second-order valence-electron chi connectivity index (χ2n) is 5.82. The van der Waals surface area contributed by atoms with Gasteiger partial charge in [-0.1, -0.05) is 37.3 Å². The average molecular weight is 311 g/mol. The zero-order valence-corrected chi connectivity index (χ0v) is 12.7. The number of nitrogen functional groups attached to an aromatic ring is 1. The number of hydrogen-bond donors (Lipinski definition) is 1. The number of rotatable bonds is 3. The first-order chi connectivity index (χ1) is 11.0. The third-order valence-electron chi connectivity index (χ3n) is 4.24. The number of carbonyl (C=O) groups excluding carboxylic acids is 1. The molecule has 1 amide bonds. The van der Waals surface area contributed by atoms with Gasteiger partial charge in [0.2, 0.25) is 0 Å². The van der Waals surface area contributed by atoms with Gasteiger partial charge in [0, 0.05) is 24.4 Å². The van der Waals surface area contributed by atoms with Crippen molar-refractivity contribution in [2.75, 3.05) is 12.3 Å². The molecule has 2 N–H and O–H groups in total. The second-order valence-corrected chi connectivity index (χ2v) is 5.82. The van der Waals surface area contributed by atoms with E-state index in [1.54, 1.807) is 4.90 Å². The van der Waals surface area contributed by atoms with Gasteiger partial charge in [0.1, 0.15) is 0 Å². The van der Waals surface area contributed by atoms with Crippen LogP contribution in [0.4, 0.5) is 11.4 Å². The fourth-order valence-corrected chi connectivity index (χ4v) is 3.06. The summed E-state index contributed by atoms with van der Waals surface area (Å²) in [5, 5.41) is 10.9. The van der Waals surface area contributed by atoms with Crippen molar-refractivity contribution in [2.45, 2.75) is 13.0 Å². The summed E-state index contributed by atoms with van der Waals surface area (Å²) >= 11 is 0. The molecule has 2 atom stereocenters. The highest BCUT2D eigenvalue weighted by molar-refractivity contribution is 6.00. The molecule has 2 aromatic rings. The number of anilines is 1. The fourth-order valence-electron chi connectivity index (χ4n) is 3.06. The summed E-state index contributed by atoms with van der Waals surface area (Å²) in [6, 6.07) is 13.7. The lowest BCUT2D eigenvalue weighted by Gasteiger charge is -2.47. The van der Waals surface area contributed by atoms with Crippen molar-refractivity contribution in [3.8, 4) is 0 Å². The SMILES string of the molecule is C[C@H]1CN(C(=O)c2cc([N+](=O)[O-])ccc2N)[C@H]1c1ccccc1. The van der Waals surface area contributed by atoms with Gasteiger partial charge < -0.3 is 10.6 Å². The lowest BCUT2D eigenvalue weighted by atomic mass is 9.84. The Balaban J connectivity index is 1.92. The molecule has 1 fully saturated rings. The Morgan fingerprint density at radius 3 is 2.57 bits per heavy atom. The molecule has 0 bridgehead atoms. The van der Waals surface area contributed by atoms with Gasteiger partial charge in [-0.15, -0.1) is 0 Å². The molecule has 6 heteroatoms. The number of benzene rings is 2. The number of nitrogens with zero attached hydrogens (tertiary/aromatic N) is 2. The maximum Gasteiger partial charge on any atom is 0.270 e. The summed E-state index contributed by atoms with van der Waals surface area (Å²) in [5.41, 5.74) is 7.23. The molecule has 0 aromatic heterocycles. The van der Waals surface area contributed by atoms with Crippen LogP contribution in [0.25, 0.3) is 0 Å². The summed E-state index contributed by atoms with van der Waals surface area (Å²) in [7, 11) is 0. The summed E-state index contributed by atoms with van der Waals surface area (Å²) in [6.07, 6.45) is 0. The van der Waals surface area contributed by atoms with Crippen LogP contribution >= 0.6 is 0 Å². The van der Waals surface area contributed by atoms with E-state index in [9.17, 15) is 14.9 Å². The van der Waals surface area contributed by atoms with E-state index in [0.29, 0.717) is 12.5 Å². The van der Waals surface area contributed by atoms with Crippen LogP contribution in [-0.2, 0) is 0 Å². The van der Waals surface area contributed by atoms with E-state index < -0.39 is 4.92 Å². The van der Waals surface area contributed by atoms with Crippen LogP contribution < -0.4 is 5.73 Å². The van der Waals surface area contributed by atoms with Crippen molar-refractivity contribution in [1.82, 2.24) is 4.90 Å². The molecule has 1 aliphatic rings. The topological polar surface area (TPSA) is 89.5 Å². The van der Waals surface area contributed by atoms with Crippen LogP contribution in [0.15, 0.2) is 48.5 Å². The van der Waals surface area contributed by atoms with Crippen molar-refractivity contribution >= 4 is 17.3 Å². The maximum absolute atomic E-state index is 12.8. The Morgan fingerprint density at radius 2 is 1.96 bits per heavy atom. The third-order valence-corrected chi connectivity index (χ3v) is 4.24. The largest absolute Gasteiger partial charge is 0.398 e. The molecule has 0 radical (unpaired) electrons. The van der Waals surface area contributed by atoms with Gasteiger partial charge in [0.05, 0.1) is 16.5 Å². The van der Waals surface area contributed by atoms with Crippen LogP contribution in [0.5, 0.6) is 0 Å². The smallest absolute Gasteiger partial charge is 0.270 e. The Labute approximate surface area is 133 Å². The molecular weight excluding hydrogens is 294 g/mol. The van der Waals surface area contributed by atoms with Gasteiger partial charge in [0.15, 0.2) is 0 Å². The molecule has 0 spiro atoms. The van der Waals surface area contributed by atoms with Crippen LogP contribution in [0.3, 0.4) is 0 Å². The lowest BCUT2D eigenvalue weighted by molar-refractivity contribution is -0.384. The normalized spacial score (nSPS) is 20.0. The van der Waals surface area contributed by atoms with Crippen molar-refractivity contribution < 1.29 is 9.72 Å². The van der Waals surface area contributed by atoms with Crippen LogP contribution in [0.2, 0.25) is 0 Å². The molecule has 1 saturated heterocycles. The van der Waals surface area contributed by atoms with Gasteiger partial charge in [-0.05, 0) is 17.5 Å². The van der Waals surface area contributed by atoms with Crippen LogP contribution in [-0.4, -0.2) is 22.3 Å². The first-order valence-electron chi connectivity index (χ1n) is 7.39. The predicted molar refractivity (Wildman–Crippen MR) is 86.9 cm³/mol. The van der Waals surface area contributed by atoms with Gasteiger partial charge in [-0.3, -0.25) is 14.9 Å². The number of likely N-dealkylation sites (tertiary alicyclic amines) is 1. The molecule has 6 nitrogen and oxygen atoms in total. The molecule has 0 unspecified atom stereocenters. The molecule has 2 aromatic carbocycles. The summed E-state index contributed by atoms with van der Waals surface area (Å²) in [4.78, 5) is 24.9. The highest BCUT2D eigenvalue weighted by Gasteiger charge is 2.40. The molecule has 0 aliphatic carbocycles. The van der Waals surface area contributed by atoms with Gasteiger partial charge in [-0.2, -0.15) is 0 Å². The van der Waals surface area contributed by atoms with E-state index in [2.05, 4.69) is 6.92 Å². The number of nitrogens with two attached hydrogens (primary N) is 1. The Morgan fingerprint density at radius 1 is 1.26 bits per heavy atom. The molecule has 118 valence electrons. The highest BCUT2D eigenvalue weighted by Crippen LogP contribution is 2.40. The lowest BCUT2D eigenvalue weighted by Crippen LogP contribution is -2.51. The minimum atomic E-state index is -0.524. The summed E-state index contributed by atoms with van der Waals surface area (Å²) in [6.45, 7) is 2.69. The first-order valence-corrected chi connectivity index (χ1v) is 7.39. The molecule has 23 heavy (non-hydrogen) atoms. The van der Waals surface area contributed by atoms with E-state index in [1.807, 2.05) is 30.3 Å². The molecule has 1 heterocycles. The quantitative estimate of drug-likeness (QED) is 0.536.